The Kier molecular flexibility index (Phi) is 4.45. The molecule has 0 spiro atoms. The van der Waals surface area contributed by atoms with E-state index in [4.69, 9.17) is 23.2 Å². The average molecular weight is 371 g/mol. The zero-order valence-electron chi connectivity index (χ0n) is 12.3. The third-order valence-electron chi connectivity index (χ3n) is 4.64. The van der Waals surface area contributed by atoms with E-state index in [9.17, 15) is 22.4 Å². The smallest absolute Gasteiger partial charge is 0.318 e. The standard InChI is InChI=1S/C15H12Cl2F4O2/c1-14(2)8(5-9(16)17)15(14,3)13(22)23-12-10(20)6(18)4-7(19)11(12)21/h4-5,8H,1-3H3. The van der Waals surface area contributed by atoms with Crippen molar-refractivity contribution < 1.29 is 27.1 Å². The van der Waals surface area contributed by atoms with Crippen LogP contribution >= 0.6 is 23.2 Å². The Bertz CT molecular complexity index is 688. The van der Waals surface area contributed by atoms with Crippen LogP contribution in [-0.2, 0) is 4.79 Å². The van der Waals surface area contributed by atoms with Crippen LogP contribution in [0.5, 0.6) is 5.75 Å². The van der Waals surface area contributed by atoms with Gasteiger partial charge in [0.15, 0.2) is 11.6 Å². The van der Waals surface area contributed by atoms with Gasteiger partial charge in [0, 0.05) is 12.0 Å². The lowest BCUT2D eigenvalue weighted by Gasteiger charge is -2.14. The molecule has 1 fully saturated rings. The van der Waals surface area contributed by atoms with Crippen LogP contribution in [0.1, 0.15) is 20.8 Å². The van der Waals surface area contributed by atoms with E-state index in [0.29, 0.717) is 0 Å². The number of benzene rings is 1. The van der Waals surface area contributed by atoms with Gasteiger partial charge in [-0.05, 0) is 18.4 Å². The number of rotatable bonds is 3. The largest absolute Gasteiger partial charge is 0.420 e. The first-order chi connectivity index (χ1) is 10.4. The molecule has 1 aliphatic carbocycles. The van der Waals surface area contributed by atoms with Gasteiger partial charge in [0.2, 0.25) is 17.4 Å². The molecule has 0 amide bonds. The van der Waals surface area contributed by atoms with E-state index in [-0.39, 0.29) is 10.6 Å². The number of hydrogen-bond acceptors (Lipinski definition) is 2. The second-order valence-electron chi connectivity index (χ2n) is 6.04. The summed E-state index contributed by atoms with van der Waals surface area (Å²) in [6, 6.07) is 0.0313. The monoisotopic (exact) mass is 370 g/mol. The molecule has 0 aliphatic heterocycles. The van der Waals surface area contributed by atoms with Crippen LogP contribution in [0.2, 0.25) is 0 Å². The third kappa shape index (κ3) is 2.72. The molecule has 23 heavy (non-hydrogen) atoms. The highest BCUT2D eigenvalue weighted by atomic mass is 35.5. The molecule has 0 heterocycles. The molecule has 0 bridgehead atoms. The first kappa shape index (κ1) is 18.1. The number of ether oxygens (including phenoxy) is 1. The van der Waals surface area contributed by atoms with Gasteiger partial charge in [-0.25, -0.2) is 8.78 Å². The van der Waals surface area contributed by atoms with Gasteiger partial charge in [0.05, 0.1) is 5.41 Å². The summed E-state index contributed by atoms with van der Waals surface area (Å²) in [4.78, 5) is 12.3. The molecule has 8 heteroatoms. The highest BCUT2D eigenvalue weighted by Crippen LogP contribution is 2.70. The summed E-state index contributed by atoms with van der Waals surface area (Å²) in [6.07, 6.45) is 1.41. The zero-order valence-corrected chi connectivity index (χ0v) is 13.8. The summed E-state index contributed by atoms with van der Waals surface area (Å²) in [5, 5.41) is 0. The number of hydrogen-bond donors (Lipinski definition) is 0. The summed E-state index contributed by atoms with van der Waals surface area (Å²) in [6.45, 7) is 4.88. The Labute approximate surface area is 140 Å². The third-order valence-corrected chi connectivity index (χ3v) is 4.89. The van der Waals surface area contributed by atoms with E-state index >= 15 is 0 Å². The van der Waals surface area contributed by atoms with Crippen LogP contribution in [-0.4, -0.2) is 5.97 Å². The van der Waals surface area contributed by atoms with Crippen LogP contribution < -0.4 is 4.74 Å². The van der Waals surface area contributed by atoms with E-state index < -0.39 is 51.7 Å². The molecular formula is C15H12Cl2F4O2. The first-order valence-electron chi connectivity index (χ1n) is 6.52. The van der Waals surface area contributed by atoms with Crippen molar-refractivity contribution in [2.75, 3.05) is 0 Å². The van der Waals surface area contributed by atoms with E-state index in [0.717, 1.165) is 0 Å². The molecule has 2 unspecified atom stereocenters. The van der Waals surface area contributed by atoms with E-state index in [1.807, 2.05) is 0 Å². The van der Waals surface area contributed by atoms with E-state index in [2.05, 4.69) is 4.74 Å². The van der Waals surface area contributed by atoms with Gasteiger partial charge < -0.3 is 4.74 Å². The summed E-state index contributed by atoms with van der Waals surface area (Å²) in [5.74, 6) is -9.78. The van der Waals surface area contributed by atoms with Gasteiger partial charge in [-0.3, -0.25) is 4.79 Å². The quantitative estimate of drug-likeness (QED) is 0.319. The van der Waals surface area contributed by atoms with Crippen LogP contribution in [0, 0.1) is 40.0 Å². The fourth-order valence-electron chi connectivity index (χ4n) is 2.76. The van der Waals surface area contributed by atoms with Crippen LogP contribution in [0.15, 0.2) is 16.6 Å². The number of allylic oxidation sites excluding steroid dienone is 1. The Hall–Kier alpha value is -1.27. The highest BCUT2D eigenvalue weighted by Gasteiger charge is 2.72. The van der Waals surface area contributed by atoms with Gasteiger partial charge in [0.1, 0.15) is 4.49 Å². The van der Waals surface area contributed by atoms with Crippen LogP contribution in [0.25, 0.3) is 0 Å². The van der Waals surface area contributed by atoms with Crippen LogP contribution in [0.3, 0.4) is 0 Å². The molecule has 0 N–H and O–H groups in total. The summed E-state index contributed by atoms with van der Waals surface area (Å²) in [7, 11) is 0. The SMILES string of the molecule is CC1(C)C(C=C(Cl)Cl)C1(C)C(=O)Oc1c(F)c(F)cc(F)c1F. The second kappa shape index (κ2) is 5.67. The van der Waals surface area contributed by atoms with E-state index in [1.54, 1.807) is 13.8 Å². The van der Waals surface area contributed by atoms with Crippen molar-refractivity contribution in [2.45, 2.75) is 20.8 Å². The molecule has 1 saturated carbocycles. The predicted octanol–water partition coefficient (Wildman–Crippen LogP) is 5.13. The van der Waals surface area contributed by atoms with Crippen LogP contribution in [0.4, 0.5) is 17.6 Å². The molecule has 126 valence electrons. The zero-order chi connectivity index (χ0) is 17.7. The molecule has 0 saturated heterocycles. The second-order valence-corrected chi connectivity index (χ2v) is 7.05. The molecule has 1 aliphatic rings. The maximum Gasteiger partial charge on any atom is 0.318 e. The van der Waals surface area contributed by atoms with Gasteiger partial charge in [-0.2, -0.15) is 8.78 Å². The number of halogens is 6. The predicted molar refractivity (Wildman–Crippen MR) is 77.1 cm³/mol. The Balaban J connectivity index is 2.36. The molecule has 1 aromatic rings. The summed E-state index contributed by atoms with van der Waals surface area (Å²) in [5.41, 5.74) is -1.87. The van der Waals surface area contributed by atoms with Crippen molar-refractivity contribution in [1.82, 2.24) is 0 Å². The maximum atomic E-state index is 13.6. The minimum atomic E-state index is -1.78. The molecule has 2 atom stereocenters. The molecule has 2 rings (SSSR count). The van der Waals surface area contributed by atoms with Gasteiger partial charge in [0.25, 0.3) is 0 Å². The van der Waals surface area contributed by atoms with Crippen molar-refractivity contribution in [2.24, 2.45) is 16.7 Å². The minimum absolute atomic E-state index is 0.0313. The molecule has 0 aromatic heterocycles. The van der Waals surface area contributed by atoms with Gasteiger partial charge in [-0.15, -0.1) is 0 Å². The topological polar surface area (TPSA) is 26.3 Å². The van der Waals surface area contributed by atoms with Crippen molar-refractivity contribution in [3.8, 4) is 5.75 Å². The molecule has 2 nitrogen and oxygen atoms in total. The van der Waals surface area contributed by atoms with Gasteiger partial charge >= 0.3 is 5.97 Å². The summed E-state index contributed by atoms with van der Waals surface area (Å²) < 4.78 is 58.1. The maximum absolute atomic E-state index is 13.6. The fraction of sp³-hybridized carbons (Fsp3) is 0.400. The summed E-state index contributed by atoms with van der Waals surface area (Å²) >= 11 is 11.2. The number of carbonyl (C=O) groups excluding carboxylic acids is 1. The average Bonchev–Trinajstić information content (AvgIpc) is 2.87. The van der Waals surface area contributed by atoms with E-state index in [1.165, 1.54) is 13.0 Å². The number of esters is 1. The highest BCUT2D eigenvalue weighted by molar-refractivity contribution is 6.55. The first-order valence-corrected chi connectivity index (χ1v) is 7.28. The van der Waals surface area contributed by atoms with Gasteiger partial charge in [-0.1, -0.05) is 37.0 Å². The Morgan fingerprint density at radius 1 is 1.13 bits per heavy atom. The Morgan fingerprint density at radius 3 is 2.04 bits per heavy atom. The van der Waals surface area contributed by atoms with Crippen molar-refractivity contribution in [1.29, 1.82) is 0 Å². The lowest BCUT2D eigenvalue weighted by atomic mass is 9.98. The lowest BCUT2D eigenvalue weighted by Crippen LogP contribution is -2.25. The molecule has 0 radical (unpaired) electrons. The number of carbonyl (C=O) groups is 1. The normalized spacial score (nSPS) is 25.0. The fourth-order valence-corrected chi connectivity index (χ4v) is 3.01. The van der Waals surface area contributed by atoms with Crippen molar-refractivity contribution in [3.63, 3.8) is 0 Å². The minimum Gasteiger partial charge on any atom is -0.420 e. The molecular weight excluding hydrogens is 359 g/mol. The lowest BCUT2D eigenvalue weighted by molar-refractivity contribution is -0.141. The Morgan fingerprint density at radius 2 is 1.61 bits per heavy atom. The van der Waals surface area contributed by atoms with Crippen molar-refractivity contribution in [3.05, 3.63) is 39.9 Å². The molecule has 1 aromatic carbocycles. The van der Waals surface area contributed by atoms with Crippen molar-refractivity contribution >= 4 is 29.2 Å².